The topological polar surface area (TPSA) is 86.6 Å². The summed E-state index contributed by atoms with van der Waals surface area (Å²) in [5.41, 5.74) is 0.593. The molecule has 0 saturated carbocycles. The summed E-state index contributed by atoms with van der Waals surface area (Å²) in [6.45, 7) is 0. The fraction of sp³-hybridized carbons (Fsp3) is 0.273. The standard InChI is InChI=1S/C11H12N2O5/c1-15-7-4-6(10-12-11(14)18-13-10)5-8(16-2)9(7)17-3/h4-5H,1-3H3,(H,12,13,14). The van der Waals surface area contributed by atoms with E-state index in [0.717, 1.165) is 0 Å². The summed E-state index contributed by atoms with van der Waals surface area (Å²) in [5.74, 6) is 1.07. The van der Waals surface area contributed by atoms with Gasteiger partial charge in [-0.3, -0.25) is 9.51 Å². The Morgan fingerprint density at radius 2 is 1.72 bits per heavy atom. The second-order valence-corrected chi connectivity index (χ2v) is 3.36. The van der Waals surface area contributed by atoms with Gasteiger partial charge in [0.25, 0.3) is 0 Å². The van der Waals surface area contributed by atoms with Crippen molar-refractivity contribution >= 4 is 0 Å². The van der Waals surface area contributed by atoms with Gasteiger partial charge in [-0.05, 0) is 12.1 Å². The molecular formula is C11H12N2O5. The largest absolute Gasteiger partial charge is 0.493 e. The first-order chi connectivity index (χ1) is 8.69. The number of rotatable bonds is 4. The molecule has 0 saturated heterocycles. The molecule has 1 heterocycles. The molecule has 0 aliphatic carbocycles. The molecule has 2 aromatic rings. The minimum atomic E-state index is -0.626. The predicted molar refractivity (Wildman–Crippen MR) is 62.2 cm³/mol. The average molecular weight is 252 g/mol. The third kappa shape index (κ3) is 2.02. The van der Waals surface area contributed by atoms with E-state index in [-0.39, 0.29) is 0 Å². The summed E-state index contributed by atoms with van der Waals surface area (Å²) in [7, 11) is 4.53. The van der Waals surface area contributed by atoms with Crippen LogP contribution in [-0.2, 0) is 0 Å². The number of hydrogen-bond donors (Lipinski definition) is 1. The van der Waals surface area contributed by atoms with Crippen LogP contribution in [0.5, 0.6) is 17.2 Å². The van der Waals surface area contributed by atoms with E-state index in [1.165, 1.54) is 21.3 Å². The van der Waals surface area contributed by atoms with Gasteiger partial charge in [-0.1, -0.05) is 5.16 Å². The third-order valence-corrected chi connectivity index (χ3v) is 2.38. The smallest absolute Gasteiger partial charge is 0.439 e. The van der Waals surface area contributed by atoms with Crippen LogP contribution in [0.3, 0.4) is 0 Å². The van der Waals surface area contributed by atoms with Gasteiger partial charge in [0.2, 0.25) is 5.75 Å². The van der Waals surface area contributed by atoms with Crippen LogP contribution in [0.1, 0.15) is 0 Å². The molecule has 0 aliphatic heterocycles. The Morgan fingerprint density at radius 1 is 1.11 bits per heavy atom. The summed E-state index contributed by atoms with van der Waals surface area (Å²) in [6.07, 6.45) is 0. The lowest BCUT2D eigenvalue weighted by Crippen LogP contribution is -1.97. The minimum absolute atomic E-state index is 0.291. The quantitative estimate of drug-likeness (QED) is 0.875. The molecule has 0 fully saturated rings. The van der Waals surface area contributed by atoms with Gasteiger partial charge < -0.3 is 14.2 Å². The molecule has 0 aliphatic rings. The molecule has 0 spiro atoms. The van der Waals surface area contributed by atoms with Crippen molar-refractivity contribution in [3.05, 3.63) is 22.7 Å². The fourth-order valence-corrected chi connectivity index (χ4v) is 1.57. The van der Waals surface area contributed by atoms with Crippen LogP contribution in [0.4, 0.5) is 0 Å². The van der Waals surface area contributed by atoms with Crippen molar-refractivity contribution in [3.63, 3.8) is 0 Å². The second-order valence-electron chi connectivity index (χ2n) is 3.36. The molecule has 0 bridgehead atoms. The SMILES string of the molecule is COc1cc(-c2noc(=O)[nH]2)cc(OC)c1OC. The van der Waals surface area contributed by atoms with E-state index in [0.29, 0.717) is 28.6 Å². The van der Waals surface area contributed by atoms with Gasteiger partial charge in [0, 0.05) is 5.56 Å². The molecule has 0 radical (unpaired) electrons. The zero-order chi connectivity index (χ0) is 13.1. The highest BCUT2D eigenvalue weighted by molar-refractivity contribution is 5.66. The number of methoxy groups -OCH3 is 3. The number of ether oxygens (including phenoxy) is 3. The van der Waals surface area contributed by atoms with E-state index in [2.05, 4.69) is 14.7 Å². The number of hydrogen-bond acceptors (Lipinski definition) is 6. The number of H-pyrrole nitrogens is 1. The highest BCUT2D eigenvalue weighted by Crippen LogP contribution is 2.40. The molecule has 0 amide bonds. The Hall–Kier alpha value is -2.44. The summed E-state index contributed by atoms with van der Waals surface area (Å²) in [5, 5.41) is 3.60. The number of nitrogens with zero attached hydrogens (tertiary/aromatic N) is 1. The van der Waals surface area contributed by atoms with Crippen molar-refractivity contribution < 1.29 is 18.7 Å². The van der Waals surface area contributed by atoms with Gasteiger partial charge in [-0.15, -0.1) is 0 Å². The maximum absolute atomic E-state index is 10.9. The van der Waals surface area contributed by atoms with E-state index in [9.17, 15) is 4.79 Å². The van der Waals surface area contributed by atoms with Crippen LogP contribution in [0.25, 0.3) is 11.4 Å². The molecule has 7 heteroatoms. The van der Waals surface area contributed by atoms with Crippen LogP contribution in [0.15, 0.2) is 21.5 Å². The van der Waals surface area contributed by atoms with Crippen molar-refractivity contribution in [1.29, 1.82) is 0 Å². The van der Waals surface area contributed by atoms with Crippen molar-refractivity contribution in [2.45, 2.75) is 0 Å². The zero-order valence-corrected chi connectivity index (χ0v) is 10.1. The molecule has 2 rings (SSSR count). The molecule has 1 N–H and O–H groups in total. The molecule has 1 aromatic carbocycles. The Kier molecular flexibility index (Phi) is 3.22. The number of aromatic amines is 1. The highest BCUT2D eigenvalue weighted by Gasteiger charge is 2.15. The molecule has 18 heavy (non-hydrogen) atoms. The highest BCUT2D eigenvalue weighted by atomic mass is 16.5. The minimum Gasteiger partial charge on any atom is -0.493 e. The second kappa shape index (κ2) is 4.82. The molecule has 0 unspecified atom stereocenters. The van der Waals surface area contributed by atoms with E-state index < -0.39 is 5.76 Å². The first-order valence-electron chi connectivity index (χ1n) is 5.06. The normalized spacial score (nSPS) is 10.2. The lowest BCUT2D eigenvalue weighted by molar-refractivity contribution is 0.324. The number of nitrogens with one attached hydrogen (secondary N) is 1. The maximum Gasteiger partial charge on any atom is 0.439 e. The van der Waals surface area contributed by atoms with Crippen LogP contribution in [0.2, 0.25) is 0 Å². The van der Waals surface area contributed by atoms with E-state index in [4.69, 9.17) is 14.2 Å². The number of benzene rings is 1. The van der Waals surface area contributed by atoms with E-state index in [1.807, 2.05) is 0 Å². The van der Waals surface area contributed by atoms with Gasteiger partial charge in [-0.25, -0.2) is 4.79 Å². The lowest BCUT2D eigenvalue weighted by atomic mass is 10.1. The van der Waals surface area contributed by atoms with Crippen LogP contribution in [0, 0.1) is 0 Å². The zero-order valence-electron chi connectivity index (χ0n) is 10.1. The average Bonchev–Trinajstić information content (AvgIpc) is 2.83. The Balaban J connectivity index is 2.59. The molecule has 96 valence electrons. The molecular weight excluding hydrogens is 240 g/mol. The van der Waals surface area contributed by atoms with Gasteiger partial charge in [-0.2, -0.15) is 0 Å². The van der Waals surface area contributed by atoms with Gasteiger partial charge in [0.15, 0.2) is 17.3 Å². The third-order valence-electron chi connectivity index (χ3n) is 2.38. The molecule has 0 atom stereocenters. The summed E-state index contributed by atoms with van der Waals surface area (Å²) >= 11 is 0. The lowest BCUT2D eigenvalue weighted by Gasteiger charge is -2.12. The fourth-order valence-electron chi connectivity index (χ4n) is 1.57. The van der Waals surface area contributed by atoms with Gasteiger partial charge in [0.05, 0.1) is 21.3 Å². The van der Waals surface area contributed by atoms with Gasteiger partial charge in [0.1, 0.15) is 0 Å². The number of aromatic nitrogens is 2. The van der Waals surface area contributed by atoms with Crippen LogP contribution < -0.4 is 20.0 Å². The predicted octanol–water partition coefficient (Wildman–Crippen LogP) is 1.06. The summed E-state index contributed by atoms with van der Waals surface area (Å²) < 4.78 is 20.0. The first kappa shape index (κ1) is 12.0. The van der Waals surface area contributed by atoms with Crippen molar-refractivity contribution in [3.8, 4) is 28.6 Å². The van der Waals surface area contributed by atoms with Gasteiger partial charge >= 0.3 is 5.76 Å². The van der Waals surface area contributed by atoms with E-state index in [1.54, 1.807) is 12.1 Å². The Bertz CT molecular complexity index is 576. The molecule has 7 nitrogen and oxygen atoms in total. The van der Waals surface area contributed by atoms with Crippen molar-refractivity contribution in [2.75, 3.05) is 21.3 Å². The summed E-state index contributed by atoms with van der Waals surface area (Å²) in [4.78, 5) is 13.4. The van der Waals surface area contributed by atoms with Crippen molar-refractivity contribution in [1.82, 2.24) is 10.1 Å². The van der Waals surface area contributed by atoms with Crippen molar-refractivity contribution in [2.24, 2.45) is 0 Å². The Labute approximate surface area is 102 Å². The molecule has 1 aromatic heterocycles. The van der Waals surface area contributed by atoms with Crippen LogP contribution >= 0.6 is 0 Å². The maximum atomic E-state index is 10.9. The first-order valence-corrected chi connectivity index (χ1v) is 5.06. The van der Waals surface area contributed by atoms with Crippen LogP contribution in [-0.4, -0.2) is 31.5 Å². The Morgan fingerprint density at radius 3 is 2.11 bits per heavy atom. The monoisotopic (exact) mass is 252 g/mol. The van der Waals surface area contributed by atoms with E-state index >= 15 is 0 Å². The summed E-state index contributed by atoms with van der Waals surface area (Å²) in [6, 6.07) is 3.32.